The van der Waals surface area contributed by atoms with E-state index in [0.717, 1.165) is 24.4 Å². The normalized spacial score (nSPS) is 30.0. The summed E-state index contributed by atoms with van der Waals surface area (Å²) < 4.78 is 0. The highest BCUT2D eigenvalue weighted by atomic mass is 15.3. The van der Waals surface area contributed by atoms with Crippen LogP contribution in [0.25, 0.3) is 0 Å². The molecule has 2 heteroatoms. The lowest BCUT2D eigenvalue weighted by atomic mass is 9.94. The maximum Gasteiger partial charge on any atom is 0.0247 e. The first kappa shape index (κ1) is 14.0. The first-order valence-electron chi connectivity index (χ1n) is 6.91. The third-order valence-electron chi connectivity index (χ3n) is 3.73. The first-order chi connectivity index (χ1) is 7.41. The van der Waals surface area contributed by atoms with Crippen LogP contribution >= 0.6 is 0 Å². The Labute approximate surface area is 102 Å². The molecule has 0 aromatic carbocycles. The zero-order chi connectivity index (χ0) is 12.3. The van der Waals surface area contributed by atoms with Gasteiger partial charge >= 0.3 is 0 Å². The molecule has 0 bridgehead atoms. The van der Waals surface area contributed by atoms with Crippen LogP contribution in [0, 0.1) is 11.8 Å². The maximum absolute atomic E-state index is 3.61. The first-order valence-corrected chi connectivity index (χ1v) is 6.91. The Morgan fingerprint density at radius 1 is 1.19 bits per heavy atom. The number of nitrogens with zero attached hydrogens (tertiary/aromatic N) is 1. The Morgan fingerprint density at radius 3 is 2.31 bits per heavy atom. The number of hydrogen-bond donors (Lipinski definition) is 1. The summed E-state index contributed by atoms with van der Waals surface area (Å²) in [5, 5.41) is 3.61. The molecule has 0 radical (unpaired) electrons. The van der Waals surface area contributed by atoms with Crippen molar-refractivity contribution in [2.45, 2.75) is 66.1 Å². The Bertz CT molecular complexity index is 201. The third-order valence-corrected chi connectivity index (χ3v) is 3.73. The fourth-order valence-electron chi connectivity index (χ4n) is 2.90. The number of rotatable bonds is 4. The van der Waals surface area contributed by atoms with Gasteiger partial charge in [0.2, 0.25) is 0 Å². The van der Waals surface area contributed by atoms with Crippen molar-refractivity contribution in [3.8, 4) is 0 Å². The van der Waals surface area contributed by atoms with E-state index in [0.29, 0.717) is 12.1 Å². The molecule has 1 heterocycles. The molecule has 0 aliphatic carbocycles. The van der Waals surface area contributed by atoms with Crippen LogP contribution in [-0.4, -0.2) is 36.1 Å². The second kappa shape index (κ2) is 6.02. The molecule has 3 atom stereocenters. The Morgan fingerprint density at radius 2 is 1.81 bits per heavy atom. The molecule has 0 spiro atoms. The second-order valence-corrected chi connectivity index (χ2v) is 6.30. The van der Waals surface area contributed by atoms with E-state index in [1.54, 1.807) is 0 Å². The predicted octanol–water partition coefficient (Wildman–Crippen LogP) is 2.74. The zero-order valence-corrected chi connectivity index (χ0v) is 12.0. The molecule has 96 valence electrons. The van der Waals surface area contributed by atoms with Gasteiger partial charge in [-0.15, -0.1) is 0 Å². The average Bonchev–Trinajstić information content (AvgIpc) is 2.15. The van der Waals surface area contributed by atoms with Crippen molar-refractivity contribution in [3.63, 3.8) is 0 Å². The van der Waals surface area contributed by atoms with Crippen molar-refractivity contribution < 1.29 is 0 Å². The van der Waals surface area contributed by atoms with E-state index < -0.39 is 0 Å². The van der Waals surface area contributed by atoms with Gasteiger partial charge in [0.25, 0.3) is 0 Å². The van der Waals surface area contributed by atoms with Crippen molar-refractivity contribution in [1.82, 2.24) is 10.2 Å². The number of piperazine rings is 1. The summed E-state index contributed by atoms with van der Waals surface area (Å²) in [6, 6.07) is 2.08. The van der Waals surface area contributed by atoms with Crippen LogP contribution in [0.2, 0.25) is 0 Å². The van der Waals surface area contributed by atoms with Gasteiger partial charge in [0.15, 0.2) is 0 Å². The molecule has 0 saturated carbocycles. The van der Waals surface area contributed by atoms with Gasteiger partial charge in [0, 0.05) is 31.2 Å². The van der Waals surface area contributed by atoms with Crippen molar-refractivity contribution in [2.75, 3.05) is 13.1 Å². The summed E-state index contributed by atoms with van der Waals surface area (Å²) >= 11 is 0. The van der Waals surface area contributed by atoms with Crippen LogP contribution in [0.1, 0.15) is 48.0 Å². The van der Waals surface area contributed by atoms with Crippen molar-refractivity contribution >= 4 is 0 Å². The van der Waals surface area contributed by atoms with Gasteiger partial charge in [0.1, 0.15) is 0 Å². The average molecular weight is 226 g/mol. The monoisotopic (exact) mass is 226 g/mol. The fraction of sp³-hybridized carbons (Fsp3) is 1.00. The van der Waals surface area contributed by atoms with E-state index >= 15 is 0 Å². The quantitative estimate of drug-likeness (QED) is 0.793. The fourth-order valence-corrected chi connectivity index (χ4v) is 2.90. The SMILES string of the molecule is CC(C)CC(C)N1CC(C)NCC1C(C)C. The van der Waals surface area contributed by atoms with E-state index in [1.807, 2.05) is 0 Å². The summed E-state index contributed by atoms with van der Waals surface area (Å²) in [6.45, 7) is 16.4. The van der Waals surface area contributed by atoms with Crippen LogP contribution in [0.15, 0.2) is 0 Å². The van der Waals surface area contributed by atoms with Gasteiger partial charge in [-0.3, -0.25) is 4.90 Å². The predicted molar refractivity (Wildman–Crippen MR) is 71.7 cm³/mol. The van der Waals surface area contributed by atoms with Gasteiger partial charge < -0.3 is 5.32 Å². The summed E-state index contributed by atoms with van der Waals surface area (Å²) in [5.41, 5.74) is 0. The minimum Gasteiger partial charge on any atom is -0.311 e. The molecule has 1 rings (SSSR count). The highest BCUT2D eigenvalue weighted by Gasteiger charge is 2.31. The molecule has 0 amide bonds. The lowest BCUT2D eigenvalue weighted by Crippen LogP contribution is -2.59. The van der Waals surface area contributed by atoms with E-state index in [2.05, 4.69) is 51.8 Å². The molecule has 3 unspecified atom stereocenters. The second-order valence-electron chi connectivity index (χ2n) is 6.30. The van der Waals surface area contributed by atoms with Crippen LogP contribution < -0.4 is 5.32 Å². The van der Waals surface area contributed by atoms with E-state index in [-0.39, 0.29) is 0 Å². The smallest absolute Gasteiger partial charge is 0.0247 e. The minimum atomic E-state index is 0.643. The van der Waals surface area contributed by atoms with Gasteiger partial charge in [-0.2, -0.15) is 0 Å². The van der Waals surface area contributed by atoms with Crippen molar-refractivity contribution in [2.24, 2.45) is 11.8 Å². The van der Waals surface area contributed by atoms with Gasteiger partial charge in [-0.25, -0.2) is 0 Å². The lowest BCUT2D eigenvalue weighted by molar-refractivity contribution is 0.0574. The standard InChI is InChI=1S/C14H30N2/c1-10(2)7-13(6)16-9-12(5)15-8-14(16)11(3)4/h10-15H,7-9H2,1-6H3. The molecular weight excluding hydrogens is 196 g/mol. The summed E-state index contributed by atoms with van der Waals surface area (Å²) in [6.07, 6.45) is 1.32. The lowest BCUT2D eigenvalue weighted by Gasteiger charge is -2.45. The molecule has 2 nitrogen and oxygen atoms in total. The van der Waals surface area contributed by atoms with Gasteiger partial charge in [0.05, 0.1) is 0 Å². The molecule has 1 saturated heterocycles. The summed E-state index contributed by atoms with van der Waals surface area (Å²) in [4.78, 5) is 2.73. The minimum absolute atomic E-state index is 0.643. The highest BCUT2D eigenvalue weighted by molar-refractivity contribution is 4.88. The largest absolute Gasteiger partial charge is 0.311 e. The molecule has 1 aliphatic rings. The van der Waals surface area contributed by atoms with Crippen molar-refractivity contribution in [1.29, 1.82) is 0 Å². The van der Waals surface area contributed by atoms with Crippen molar-refractivity contribution in [3.05, 3.63) is 0 Å². The molecule has 0 aromatic rings. The number of hydrogen-bond acceptors (Lipinski definition) is 2. The molecule has 1 N–H and O–H groups in total. The van der Waals surface area contributed by atoms with Gasteiger partial charge in [-0.1, -0.05) is 27.7 Å². The van der Waals surface area contributed by atoms with E-state index in [4.69, 9.17) is 0 Å². The van der Waals surface area contributed by atoms with Crippen LogP contribution in [-0.2, 0) is 0 Å². The molecule has 16 heavy (non-hydrogen) atoms. The highest BCUT2D eigenvalue weighted by Crippen LogP contribution is 2.21. The third kappa shape index (κ3) is 3.74. The molecule has 0 aromatic heterocycles. The Balaban J connectivity index is 2.63. The van der Waals surface area contributed by atoms with E-state index in [1.165, 1.54) is 13.0 Å². The van der Waals surface area contributed by atoms with E-state index in [9.17, 15) is 0 Å². The summed E-state index contributed by atoms with van der Waals surface area (Å²) in [7, 11) is 0. The number of nitrogens with one attached hydrogen (secondary N) is 1. The molecule has 1 fully saturated rings. The van der Waals surface area contributed by atoms with Crippen LogP contribution in [0.4, 0.5) is 0 Å². The molecular formula is C14H30N2. The molecule has 1 aliphatic heterocycles. The Kier molecular flexibility index (Phi) is 5.26. The van der Waals surface area contributed by atoms with Gasteiger partial charge in [-0.05, 0) is 32.1 Å². The van der Waals surface area contributed by atoms with Crippen LogP contribution in [0.3, 0.4) is 0 Å². The topological polar surface area (TPSA) is 15.3 Å². The maximum atomic E-state index is 3.61. The Hall–Kier alpha value is -0.0800. The van der Waals surface area contributed by atoms with Crippen LogP contribution in [0.5, 0.6) is 0 Å². The summed E-state index contributed by atoms with van der Waals surface area (Å²) in [5.74, 6) is 1.54. The zero-order valence-electron chi connectivity index (χ0n) is 12.0.